The number of hydrogen-bond donors (Lipinski definition) is 2. The van der Waals surface area contributed by atoms with Gasteiger partial charge in [-0.05, 0) is 38.2 Å². The van der Waals surface area contributed by atoms with Crippen molar-refractivity contribution < 1.29 is 14.0 Å². The van der Waals surface area contributed by atoms with E-state index >= 15 is 0 Å². The molecule has 1 atom stereocenters. The molecule has 5 nitrogen and oxygen atoms in total. The number of carbonyl (C=O) groups is 2. The molecule has 1 aliphatic carbocycles. The predicted octanol–water partition coefficient (Wildman–Crippen LogP) is 3.17. The molecule has 1 aromatic rings. The highest BCUT2D eigenvalue weighted by atomic mass is 19.1. The van der Waals surface area contributed by atoms with Crippen LogP contribution in [0, 0.1) is 5.82 Å². The van der Waals surface area contributed by atoms with E-state index in [0.29, 0.717) is 29.9 Å². The van der Waals surface area contributed by atoms with Gasteiger partial charge in [-0.1, -0.05) is 29.8 Å². The average Bonchev–Trinajstić information content (AvgIpc) is 2.96. The first-order valence-corrected chi connectivity index (χ1v) is 9.15. The highest BCUT2D eigenvalue weighted by molar-refractivity contribution is 6.01. The first kappa shape index (κ1) is 16.8. The van der Waals surface area contributed by atoms with E-state index in [2.05, 4.69) is 16.7 Å². The van der Waals surface area contributed by atoms with Crippen molar-refractivity contribution in [3.8, 4) is 0 Å². The van der Waals surface area contributed by atoms with Crippen molar-refractivity contribution in [1.29, 1.82) is 0 Å². The summed E-state index contributed by atoms with van der Waals surface area (Å²) < 4.78 is 14.2. The Hall–Kier alpha value is -2.63. The molecule has 0 saturated carbocycles. The molecule has 26 heavy (non-hydrogen) atoms. The van der Waals surface area contributed by atoms with Crippen molar-refractivity contribution in [2.45, 2.75) is 38.1 Å². The van der Waals surface area contributed by atoms with Crippen LogP contribution in [0.15, 0.2) is 47.2 Å². The second-order valence-corrected chi connectivity index (χ2v) is 7.03. The van der Waals surface area contributed by atoms with Gasteiger partial charge in [-0.3, -0.25) is 4.79 Å². The highest BCUT2D eigenvalue weighted by Crippen LogP contribution is 2.34. The number of benzene rings is 1. The molecule has 1 aromatic carbocycles. The van der Waals surface area contributed by atoms with Gasteiger partial charge in [0, 0.05) is 12.1 Å². The van der Waals surface area contributed by atoms with Crippen LogP contribution >= 0.6 is 0 Å². The lowest BCUT2D eigenvalue weighted by molar-refractivity contribution is -0.125. The smallest absolute Gasteiger partial charge is 0.319 e. The number of rotatable bonds is 4. The molecule has 0 unspecified atom stereocenters. The molecule has 0 fully saturated rings. The van der Waals surface area contributed by atoms with E-state index in [9.17, 15) is 14.0 Å². The quantitative estimate of drug-likeness (QED) is 0.815. The van der Waals surface area contributed by atoms with Crippen molar-refractivity contribution in [3.63, 3.8) is 0 Å². The van der Waals surface area contributed by atoms with Crippen LogP contribution in [0.4, 0.5) is 9.18 Å². The minimum Gasteiger partial charge on any atom is -0.333 e. The summed E-state index contributed by atoms with van der Waals surface area (Å²) in [7, 11) is 0. The van der Waals surface area contributed by atoms with E-state index in [1.807, 2.05) is 0 Å². The Kier molecular flexibility index (Phi) is 4.49. The van der Waals surface area contributed by atoms with Crippen LogP contribution in [0.2, 0.25) is 0 Å². The van der Waals surface area contributed by atoms with Gasteiger partial charge in [0.2, 0.25) is 0 Å². The fourth-order valence-corrected chi connectivity index (χ4v) is 3.96. The summed E-state index contributed by atoms with van der Waals surface area (Å²) in [4.78, 5) is 26.7. The summed E-state index contributed by atoms with van der Waals surface area (Å²) in [6.07, 6.45) is 7.81. The first-order chi connectivity index (χ1) is 12.6. The Balaban J connectivity index is 1.54. The molecule has 0 spiro atoms. The summed E-state index contributed by atoms with van der Waals surface area (Å²) in [5.74, 6) is -0.553. The lowest BCUT2D eigenvalue weighted by Gasteiger charge is -2.25. The number of hydrogen-bond acceptors (Lipinski definition) is 2. The summed E-state index contributed by atoms with van der Waals surface area (Å²) in [6.45, 7) is 0.997. The maximum absolute atomic E-state index is 14.2. The predicted molar refractivity (Wildman–Crippen MR) is 95.6 cm³/mol. The van der Waals surface area contributed by atoms with E-state index in [1.165, 1.54) is 24.5 Å². The number of allylic oxidation sites excluding steroid dienone is 1. The molecular formula is C20H22FN3O2. The van der Waals surface area contributed by atoms with Crippen molar-refractivity contribution >= 4 is 11.9 Å². The van der Waals surface area contributed by atoms with Gasteiger partial charge in [-0.2, -0.15) is 0 Å². The van der Waals surface area contributed by atoms with Crippen molar-refractivity contribution in [3.05, 3.63) is 58.6 Å². The summed E-state index contributed by atoms with van der Waals surface area (Å²) in [5, 5.41) is 5.42. The van der Waals surface area contributed by atoms with Gasteiger partial charge in [-0.15, -0.1) is 0 Å². The van der Waals surface area contributed by atoms with E-state index in [0.717, 1.165) is 19.3 Å². The number of urea groups is 1. The Bertz CT molecular complexity index is 815. The molecule has 2 heterocycles. The molecule has 0 radical (unpaired) electrons. The zero-order valence-corrected chi connectivity index (χ0v) is 14.6. The van der Waals surface area contributed by atoms with Gasteiger partial charge >= 0.3 is 6.03 Å². The van der Waals surface area contributed by atoms with E-state index in [-0.39, 0.29) is 5.91 Å². The Morgan fingerprint density at radius 1 is 1.19 bits per heavy atom. The van der Waals surface area contributed by atoms with Crippen molar-refractivity contribution in [2.75, 3.05) is 13.1 Å². The number of carbonyl (C=O) groups excluding carboxylic acids is 2. The van der Waals surface area contributed by atoms with Crippen LogP contribution in [0.1, 0.15) is 43.7 Å². The number of amides is 3. The molecule has 2 N–H and O–H groups in total. The van der Waals surface area contributed by atoms with Crippen molar-refractivity contribution in [1.82, 2.24) is 15.5 Å². The second-order valence-electron chi connectivity index (χ2n) is 7.03. The minimum absolute atomic E-state index is 0.128. The van der Waals surface area contributed by atoms with Gasteiger partial charge in [0.25, 0.3) is 5.91 Å². The largest absolute Gasteiger partial charge is 0.333 e. The van der Waals surface area contributed by atoms with Gasteiger partial charge in [0.1, 0.15) is 5.82 Å². The number of nitrogens with zero attached hydrogens (tertiary/aromatic N) is 1. The first-order valence-electron chi connectivity index (χ1n) is 9.15. The zero-order valence-electron chi connectivity index (χ0n) is 14.6. The molecule has 0 aromatic heterocycles. The summed E-state index contributed by atoms with van der Waals surface area (Å²) in [5.41, 5.74) is 2.76. The van der Waals surface area contributed by atoms with Gasteiger partial charge < -0.3 is 15.5 Å². The SMILES string of the molecule is O=C1NC2=C(C(=O)N(CCC3=CCCCC3)C2)[C@H](c2ccccc2F)N1. The zero-order chi connectivity index (χ0) is 18.1. The lowest BCUT2D eigenvalue weighted by Crippen LogP contribution is -2.44. The Labute approximate surface area is 151 Å². The van der Waals surface area contributed by atoms with E-state index < -0.39 is 17.9 Å². The maximum atomic E-state index is 14.2. The molecule has 136 valence electrons. The third-order valence-electron chi connectivity index (χ3n) is 5.32. The van der Waals surface area contributed by atoms with Crippen LogP contribution < -0.4 is 10.6 Å². The maximum Gasteiger partial charge on any atom is 0.319 e. The normalized spacial score (nSPS) is 22.7. The van der Waals surface area contributed by atoms with Crippen LogP contribution in [0.3, 0.4) is 0 Å². The second kappa shape index (κ2) is 6.94. The minimum atomic E-state index is -0.744. The molecule has 0 saturated heterocycles. The fourth-order valence-electron chi connectivity index (χ4n) is 3.96. The molecule has 6 heteroatoms. The third-order valence-corrected chi connectivity index (χ3v) is 5.32. The monoisotopic (exact) mass is 355 g/mol. The van der Waals surface area contributed by atoms with E-state index in [1.54, 1.807) is 23.1 Å². The third kappa shape index (κ3) is 3.11. The van der Waals surface area contributed by atoms with Gasteiger partial charge in [0.15, 0.2) is 0 Å². The van der Waals surface area contributed by atoms with Crippen LogP contribution in [-0.2, 0) is 4.79 Å². The molecule has 0 bridgehead atoms. The molecule has 3 aliphatic rings. The molecular weight excluding hydrogens is 333 g/mol. The summed E-state index contributed by atoms with van der Waals surface area (Å²) in [6, 6.07) is 5.11. The van der Waals surface area contributed by atoms with Gasteiger partial charge in [-0.25, -0.2) is 9.18 Å². The molecule has 4 rings (SSSR count). The lowest BCUT2D eigenvalue weighted by atomic mass is 9.95. The standard InChI is InChI=1S/C20H22FN3O2/c21-15-9-5-4-8-14(15)18-17-16(22-20(26)23-18)12-24(19(17)25)11-10-13-6-2-1-3-7-13/h4-6,8-9,18H,1-3,7,10-12H2,(H2,22,23,26)/t18-/m0/s1. The van der Waals surface area contributed by atoms with Crippen LogP contribution in [0.25, 0.3) is 0 Å². The molecule has 3 amide bonds. The van der Waals surface area contributed by atoms with Gasteiger partial charge in [0.05, 0.1) is 23.9 Å². The Morgan fingerprint density at radius 3 is 2.81 bits per heavy atom. The Morgan fingerprint density at radius 2 is 2.04 bits per heavy atom. The van der Waals surface area contributed by atoms with E-state index in [4.69, 9.17) is 0 Å². The summed E-state index contributed by atoms with van der Waals surface area (Å²) >= 11 is 0. The van der Waals surface area contributed by atoms with Crippen LogP contribution in [-0.4, -0.2) is 29.9 Å². The number of halogens is 1. The fraction of sp³-hybridized carbons (Fsp3) is 0.400. The van der Waals surface area contributed by atoms with Crippen molar-refractivity contribution in [2.24, 2.45) is 0 Å². The average molecular weight is 355 g/mol. The topological polar surface area (TPSA) is 61.4 Å². The molecule has 2 aliphatic heterocycles. The number of nitrogens with one attached hydrogen (secondary N) is 2. The van der Waals surface area contributed by atoms with Crippen LogP contribution in [0.5, 0.6) is 0 Å². The highest BCUT2D eigenvalue weighted by Gasteiger charge is 2.40.